The van der Waals surface area contributed by atoms with Gasteiger partial charge in [0.2, 0.25) is 0 Å². The highest BCUT2D eigenvalue weighted by Crippen LogP contribution is 2.22. The van der Waals surface area contributed by atoms with Gasteiger partial charge in [0.1, 0.15) is 5.82 Å². The summed E-state index contributed by atoms with van der Waals surface area (Å²) in [5.41, 5.74) is 7.74. The Hall–Kier alpha value is -2.96. The Kier molecular flexibility index (Phi) is 3.84. The quantitative estimate of drug-likeness (QED) is 0.665. The summed E-state index contributed by atoms with van der Waals surface area (Å²) >= 11 is 0. The lowest BCUT2D eigenvalue weighted by Gasteiger charge is -2.09. The van der Waals surface area contributed by atoms with Crippen molar-refractivity contribution in [1.29, 1.82) is 0 Å². The molecule has 0 aliphatic carbocycles. The molecule has 1 aromatic carbocycles. The first-order valence-corrected chi connectivity index (χ1v) is 6.17. The Morgan fingerprint density at radius 3 is 2.57 bits per heavy atom. The molecular weight excluding hydrogens is 272 g/mol. The van der Waals surface area contributed by atoms with Crippen molar-refractivity contribution in [2.75, 3.05) is 11.1 Å². The third-order valence-electron chi connectivity index (χ3n) is 2.90. The number of nitro benzene ring substituents is 1. The second kappa shape index (κ2) is 5.58. The molecule has 1 aromatic heterocycles. The fourth-order valence-corrected chi connectivity index (χ4v) is 1.92. The topological polar surface area (TPSA) is 111 Å². The smallest absolute Gasteiger partial charge is 0.269 e. The minimum atomic E-state index is -0.481. The number of rotatable bonds is 3. The Bertz CT molecular complexity index is 708. The van der Waals surface area contributed by atoms with E-state index in [9.17, 15) is 14.9 Å². The van der Waals surface area contributed by atoms with Crippen molar-refractivity contribution in [3.63, 3.8) is 0 Å². The lowest BCUT2D eigenvalue weighted by Crippen LogP contribution is -2.14. The maximum atomic E-state index is 12.2. The molecule has 0 unspecified atom stereocenters. The first-order valence-electron chi connectivity index (χ1n) is 6.17. The molecule has 0 atom stereocenters. The molecule has 0 saturated heterocycles. The highest BCUT2D eigenvalue weighted by atomic mass is 16.6. The first-order chi connectivity index (χ1) is 9.86. The summed E-state index contributed by atoms with van der Waals surface area (Å²) in [5, 5.41) is 13.4. The number of nitrogens with one attached hydrogen (secondary N) is 1. The second-order valence-electron chi connectivity index (χ2n) is 4.63. The van der Waals surface area contributed by atoms with E-state index in [0.29, 0.717) is 22.5 Å². The molecule has 0 bridgehead atoms. The van der Waals surface area contributed by atoms with E-state index in [1.165, 1.54) is 24.3 Å². The number of carbonyl (C=O) groups is 1. The summed E-state index contributed by atoms with van der Waals surface area (Å²) in [6.45, 7) is 3.43. The van der Waals surface area contributed by atoms with Crippen molar-refractivity contribution in [2.45, 2.75) is 13.8 Å². The zero-order chi connectivity index (χ0) is 15.6. The fourth-order valence-electron chi connectivity index (χ4n) is 1.92. The van der Waals surface area contributed by atoms with E-state index < -0.39 is 4.92 Å². The number of benzene rings is 1. The molecule has 7 heteroatoms. The van der Waals surface area contributed by atoms with Gasteiger partial charge in [-0.15, -0.1) is 0 Å². The normalized spacial score (nSPS) is 10.2. The minimum Gasteiger partial charge on any atom is -0.384 e. The largest absolute Gasteiger partial charge is 0.384 e. The molecule has 0 fully saturated rings. The predicted molar refractivity (Wildman–Crippen MR) is 79.2 cm³/mol. The lowest BCUT2D eigenvalue weighted by atomic mass is 10.1. The van der Waals surface area contributed by atoms with Crippen LogP contribution in [0.25, 0.3) is 0 Å². The van der Waals surface area contributed by atoms with Crippen LogP contribution in [0.15, 0.2) is 30.3 Å². The van der Waals surface area contributed by atoms with Crippen molar-refractivity contribution < 1.29 is 9.72 Å². The highest BCUT2D eigenvalue weighted by molar-refractivity contribution is 6.05. The molecule has 0 aliphatic heterocycles. The number of nitro groups is 1. The van der Waals surface area contributed by atoms with Crippen LogP contribution in [0.1, 0.15) is 21.6 Å². The molecule has 1 amide bonds. The number of hydrogen-bond acceptors (Lipinski definition) is 5. The number of amides is 1. The van der Waals surface area contributed by atoms with Crippen molar-refractivity contribution in [2.24, 2.45) is 0 Å². The number of pyridine rings is 1. The number of non-ortho nitro benzene ring substituents is 1. The summed E-state index contributed by atoms with van der Waals surface area (Å²) < 4.78 is 0. The maximum Gasteiger partial charge on any atom is 0.269 e. The van der Waals surface area contributed by atoms with Gasteiger partial charge in [-0.05, 0) is 37.6 Å². The predicted octanol–water partition coefficient (Wildman–Crippen LogP) is 2.44. The van der Waals surface area contributed by atoms with Crippen LogP contribution in [-0.2, 0) is 0 Å². The third-order valence-corrected chi connectivity index (χ3v) is 2.90. The van der Waals surface area contributed by atoms with Crippen molar-refractivity contribution >= 4 is 23.1 Å². The van der Waals surface area contributed by atoms with Gasteiger partial charge >= 0.3 is 0 Å². The van der Waals surface area contributed by atoms with Crippen LogP contribution >= 0.6 is 0 Å². The molecule has 3 N–H and O–H groups in total. The molecule has 0 spiro atoms. The number of nitrogens with two attached hydrogens (primary N) is 1. The second-order valence-corrected chi connectivity index (χ2v) is 4.63. The van der Waals surface area contributed by atoms with Crippen LogP contribution in [0.5, 0.6) is 0 Å². The number of nitrogens with zero attached hydrogens (tertiary/aromatic N) is 2. The Balaban J connectivity index is 2.25. The maximum absolute atomic E-state index is 12.2. The fraction of sp³-hybridized carbons (Fsp3) is 0.143. The molecule has 0 aliphatic rings. The molecule has 108 valence electrons. The van der Waals surface area contributed by atoms with E-state index in [1.54, 1.807) is 19.9 Å². The average Bonchev–Trinajstić information content (AvgIpc) is 2.39. The lowest BCUT2D eigenvalue weighted by molar-refractivity contribution is -0.384. The van der Waals surface area contributed by atoms with Gasteiger partial charge in [-0.25, -0.2) is 4.98 Å². The van der Waals surface area contributed by atoms with Crippen LogP contribution in [-0.4, -0.2) is 15.8 Å². The van der Waals surface area contributed by atoms with E-state index in [1.807, 2.05) is 0 Å². The summed E-state index contributed by atoms with van der Waals surface area (Å²) in [5.74, 6) is -0.0790. The number of aromatic nitrogens is 1. The molecule has 2 rings (SSSR count). The molecule has 0 radical (unpaired) electrons. The molecule has 0 saturated carbocycles. The van der Waals surface area contributed by atoms with E-state index in [-0.39, 0.29) is 17.4 Å². The number of hydrogen-bond donors (Lipinski definition) is 2. The van der Waals surface area contributed by atoms with Gasteiger partial charge in [0.25, 0.3) is 11.6 Å². The van der Waals surface area contributed by atoms with Crippen LogP contribution in [0.3, 0.4) is 0 Å². The van der Waals surface area contributed by atoms with Crippen LogP contribution in [0.2, 0.25) is 0 Å². The van der Waals surface area contributed by atoms with Gasteiger partial charge in [0.15, 0.2) is 0 Å². The number of aryl methyl sites for hydroxylation is 2. The average molecular weight is 286 g/mol. The van der Waals surface area contributed by atoms with E-state index in [4.69, 9.17) is 5.73 Å². The van der Waals surface area contributed by atoms with Gasteiger partial charge in [-0.3, -0.25) is 14.9 Å². The first kappa shape index (κ1) is 14.4. The summed E-state index contributed by atoms with van der Waals surface area (Å²) in [7, 11) is 0. The zero-order valence-corrected chi connectivity index (χ0v) is 11.6. The summed E-state index contributed by atoms with van der Waals surface area (Å²) in [6, 6.07) is 7.34. The standard InChI is InChI=1S/C14H14N4O3/c1-8-5-11(18(20)21)3-4-12(8)17-14(19)10-6-9(2)16-13(15)7-10/h3-7H,1-2H3,(H2,15,16)(H,17,19). The van der Waals surface area contributed by atoms with Gasteiger partial charge < -0.3 is 11.1 Å². The van der Waals surface area contributed by atoms with Gasteiger partial charge in [0, 0.05) is 29.1 Å². The minimum absolute atomic E-state index is 0.0190. The Labute approximate surface area is 121 Å². The van der Waals surface area contributed by atoms with E-state index >= 15 is 0 Å². The zero-order valence-electron chi connectivity index (χ0n) is 11.6. The third kappa shape index (κ3) is 3.33. The number of nitrogen functional groups attached to an aromatic ring is 1. The van der Waals surface area contributed by atoms with Crippen molar-refractivity contribution in [3.05, 3.63) is 57.3 Å². The molecular formula is C14H14N4O3. The summed E-state index contributed by atoms with van der Waals surface area (Å²) in [6.07, 6.45) is 0. The van der Waals surface area contributed by atoms with E-state index in [2.05, 4.69) is 10.3 Å². The highest BCUT2D eigenvalue weighted by Gasteiger charge is 2.12. The summed E-state index contributed by atoms with van der Waals surface area (Å²) in [4.78, 5) is 26.4. The van der Waals surface area contributed by atoms with Crippen LogP contribution in [0.4, 0.5) is 17.2 Å². The van der Waals surface area contributed by atoms with Crippen molar-refractivity contribution in [1.82, 2.24) is 4.98 Å². The Morgan fingerprint density at radius 2 is 2.00 bits per heavy atom. The molecule has 1 heterocycles. The van der Waals surface area contributed by atoms with Crippen LogP contribution in [0, 0.1) is 24.0 Å². The number of carbonyl (C=O) groups excluding carboxylic acids is 1. The molecule has 21 heavy (non-hydrogen) atoms. The van der Waals surface area contributed by atoms with Gasteiger partial charge in [0.05, 0.1) is 4.92 Å². The van der Waals surface area contributed by atoms with E-state index in [0.717, 1.165) is 0 Å². The Morgan fingerprint density at radius 1 is 1.29 bits per heavy atom. The van der Waals surface area contributed by atoms with Gasteiger partial charge in [-0.2, -0.15) is 0 Å². The molecule has 2 aromatic rings. The number of anilines is 2. The molecule has 7 nitrogen and oxygen atoms in total. The van der Waals surface area contributed by atoms with Crippen LogP contribution < -0.4 is 11.1 Å². The van der Waals surface area contributed by atoms with Gasteiger partial charge in [-0.1, -0.05) is 0 Å². The monoisotopic (exact) mass is 286 g/mol. The van der Waals surface area contributed by atoms with Crippen molar-refractivity contribution in [3.8, 4) is 0 Å². The SMILES string of the molecule is Cc1cc(C(=O)Nc2ccc([N+](=O)[O-])cc2C)cc(N)n1.